The molecule has 0 bridgehead atoms. The van der Waals surface area contributed by atoms with Crippen molar-refractivity contribution in [3.8, 4) is 0 Å². The molecular weight excluding hydrogens is 292 g/mol. The first-order chi connectivity index (χ1) is 8.38. The number of halogens is 1. The predicted octanol–water partition coefficient (Wildman–Crippen LogP) is 3.60. The van der Waals surface area contributed by atoms with Gasteiger partial charge in [-0.05, 0) is 44.9 Å². The fraction of sp³-hybridized carbons (Fsp3) is 0.500. The summed E-state index contributed by atoms with van der Waals surface area (Å²) in [4.78, 5) is 14.4. The van der Waals surface area contributed by atoms with Crippen molar-refractivity contribution >= 4 is 27.5 Å². The number of rotatable bonds is 4. The van der Waals surface area contributed by atoms with E-state index in [1.807, 2.05) is 37.8 Å². The molecule has 2 N–H and O–H groups in total. The lowest BCUT2D eigenvalue weighted by Gasteiger charge is -2.27. The molecule has 0 radical (unpaired) electrons. The lowest BCUT2D eigenvalue weighted by Crippen LogP contribution is -2.38. The Hall–Kier alpha value is -1.03. The standard InChI is InChI=1S/C14H21BrN2O/c1-5-6-17(9(2)3)14(18)12-7-11(15)8-13(16)10(12)4/h7-9H,5-6,16H2,1-4H3. The molecule has 0 fully saturated rings. The van der Waals surface area contributed by atoms with Crippen LogP contribution in [0.15, 0.2) is 16.6 Å². The Bertz CT molecular complexity index is 444. The maximum Gasteiger partial charge on any atom is 0.254 e. The van der Waals surface area contributed by atoms with Crippen LogP contribution in [0.1, 0.15) is 43.1 Å². The van der Waals surface area contributed by atoms with Crippen LogP contribution < -0.4 is 5.73 Å². The molecule has 1 amide bonds. The van der Waals surface area contributed by atoms with Gasteiger partial charge in [-0.2, -0.15) is 0 Å². The molecular formula is C14H21BrN2O. The van der Waals surface area contributed by atoms with Crippen molar-refractivity contribution in [1.29, 1.82) is 0 Å². The predicted molar refractivity (Wildman–Crippen MR) is 79.8 cm³/mol. The van der Waals surface area contributed by atoms with Crippen LogP contribution in [0.25, 0.3) is 0 Å². The van der Waals surface area contributed by atoms with Gasteiger partial charge in [-0.25, -0.2) is 0 Å². The number of carbonyl (C=O) groups excluding carboxylic acids is 1. The van der Waals surface area contributed by atoms with Gasteiger partial charge in [-0.3, -0.25) is 4.79 Å². The maximum absolute atomic E-state index is 12.6. The summed E-state index contributed by atoms with van der Waals surface area (Å²) in [5.41, 5.74) is 8.09. The molecule has 0 aliphatic carbocycles. The van der Waals surface area contributed by atoms with Crippen molar-refractivity contribution in [3.05, 3.63) is 27.7 Å². The average Bonchev–Trinajstić information content (AvgIpc) is 2.29. The summed E-state index contributed by atoms with van der Waals surface area (Å²) in [7, 11) is 0. The Morgan fingerprint density at radius 2 is 2.06 bits per heavy atom. The van der Waals surface area contributed by atoms with Crippen LogP contribution in [0.5, 0.6) is 0 Å². The molecule has 0 atom stereocenters. The molecule has 0 saturated heterocycles. The third-order valence-corrected chi connectivity index (χ3v) is 3.45. The molecule has 1 aromatic rings. The topological polar surface area (TPSA) is 46.3 Å². The van der Waals surface area contributed by atoms with Crippen molar-refractivity contribution in [2.45, 2.75) is 40.2 Å². The highest BCUT2D eigenvalue weighted by Crippen LogP contribution is 2.24. The SMILES string of the molecule is CCCN(C(=O)c1cc(Br)cc(N)c1C)C(C)C. The van der Waals surface area contributed by atoms with E-state index in [0.29, 0.717) is 11.3 Å². The molecule has 0 aromatic heterocycles. The van der Waals surface area contributed by atoms with E-state index in [2.05, 4.69) is 22.9 Å². The summed E-state index contributed by atoms with van der Waals surface area (Å²) in [6.45, 7) is 8.79. The molecule has 0 spiro atoms. The summed E-state index contributed by atoms with van der Waals surface area (Å²) in [6, 6.07) is 3.86. The number of benzene rings is 1. The van der Waals surface area contributed by atoms with Crippen LogP contribution in [0.2, 0.25) is 0 Å². The largest absolute Gasteiger partial charge is 0.398 e. The smallest absolute Gasteiger partial charge is 0.254 e. The van der Waals surface area contributed by atoms with Gasteiger partial charge in [0.25, 0.3) is 5.91 Å². The summed E-state index contributed by atoms with van der Waals surface area (Å²) in [5.74, 6) is 0.0531. The summed E-state index contributed by atoms with van der Waals surface area (Å²) in [5, 5.41) is 0. The monoisotopic (exact) mass is 312 g/mol. The molecule has 0 heterocycles. The second kappa shape index (κ2) is 6.23. The van der Waals surface area contributed by atoms with Gasteiger partial charge in [0.1, 0.15) is 0 Å². The Labute approximate surface area is 117 Å². The molecule has 1 aromatic carbocycles. The Balaban J connectivity index is 3.16. The van der Waals surface area contributed by atoms with E-state index < -0.39 is 0 Å². The van der Waals surface area contributed by atoms with Crippen LogP contribution in [0.4, 0.5) is 5.69 Å². The third kappa shape index (κ3) is 3.25. The Morgan fingerprint density at radius 3 is 2.56 bits per heavy atom. The van der Waals surface area contributed by atoms with Gasteiger partial charge in [-0.1, -0.05) is 22.9 Å². The number of hydrogen-bond donors (Lipinski definition) is 1. The van der Waals surface area contributed by atoms with Gasteiger partial charge < -0.3 is 10.6 Å². The molecule has 18 heavy (non-hydrogen) atoms. The first kappa shape index (κ1) is 15.0. The molecule has 3 nitrogen and oxygen atoms in total. The highest BCUT2D eigenvalue weighted by molar-refractivity contribution is 9.10. The van der Waals surface area contributed by atoms with Gasteiger partial charge in [0, 0.05) is 28.3 Å². The van der Waals surface area contributed by atoms with Crippen LogP contribution in [0.3, 0.4) is 0 Å². The van der Waals surface area contributed by atoms with E-state index >= 15 is 0 Å². The number of carbonyl (C=O) groups is 1. The van der Waals surface area contributed by atoms with Crippen molar-refractivity contribution in [3.63, 3.8) is 0 Å². The average molecular weight is 313 g/mol. The minimum absolute atomic E-state index is 0.0531. The molecule has 0 unspecified atom stereocenters. The number of nitrogens with zero attached hydrogens (tertiary/aromatic N) is 1. The van der Waals surface area contributed by atoms with Gasteiger partial charge in [0.2, 0.25) is 0 Å². The second-order valence-electron chi connectivity index (χ2n) is 4.76. The van der Waals surface area contributed by atoms with Crippen molar-refractivity contribution < 1.29 is 4.79 Å². The molecule has 4 heteroatoms. The third-order valence-electron chi connectivity index (χ3n) is 2.99. The normalized spacial score (nSPS) is 10.8. The molecule has 1 rings (SSSR count). The zero-order valence-electron chi connectivity index (χ0n) is 11.5. The number of nitrogens with two attached hydrogens (primary N) is 1. The fourth-order valence-corrected chi connectivity index (χ4v) is 2.39. The van der Waals surface area contributed by atoms with Crippen LogP contribution >= 0.6 is 15.9 Å². The Kier molecular flexibility index (Phi) is 5.20. The van der Waals surface area contributed by atoms with Gasteiger partial charge in [0.05, 0.1) is 0 Å². The first-order valence-electron chi connectivity index (χ1n) is 6.25. The van der Waals surface area contributed by atoms with Crippen molar-refractivity contribution in [2.24, 2.45) is 0 Å². The lowest BCUT2D eigenvalue weighted by molar-refractivity contribution is 0.0705. The molecule has 0 aliphatic heterocycles. The second-order valence-corrected chi connectivity index (χ2v) is 5.68. The zero-order chi connectivity index (χ0) is 13.9. The van der Waals surface area contributed by atoms with E-state index in [1.165, 1.54) is 0 Å². The van der Waals surface area contributed by atoms with Crippen LogP contribution in [-0.4, -0.2) is 23.4 Å². The molecule has 0 saturated carbocycles. The van der Waals surface area contributed by atoms with E-state index in [-0.39, 0.29) is 11.9 Å². The number of amides is 1. The lowest BCUT2D eigenvalue weighted by atomic mass is 10.0. The Morgan fingerprint density at radius 1 is 1.44 bits per heavy atom. The number of anilines is 1. The van der Waals surface area contributed by atoms with Gasteiger partial charge >= 0.3 is 0 Å². The van der Waals surface area contributed by atoms with E-state index in [1.54, 1.807) is 0 Å². The minimum atomic E-state index is 0.0531. The zero-order valence-corrected chi connectivity index (χ0v) is 13.0. The van der Waals surface area contributed by atoms with Gasteiger partial charge in [0.15, 0.2) is 0 Å². The minimum Gasteiger partial charge on any atom is -0.398 e. The number of hydrogen-bond acceptors (Lipinski definition) is 2. The van der Waals surface area contributed by atoms with Crippen molar-refractivity contribution in [2.75, 3.05) is 12.3 Å². The van der Waals surface area contributed by atoms with E-state index in [0.717, 1.165) is 23.0 Å². The van der Waals surface area contributed by atoms with Crippen molar-refractivity contribution in [1.82, 2.24) is 4.90 Å². The number of nitrogen functional groups attached to an aromatic ring is 1. The van der Waals surface area contributed by atoms with E-state index in [9.17, 15) is 4.79 Å². The molecule has 100 valence electrons. The fourth-order valence-electron chi connectivity index (χ4n) is 1.91. The summed E-state index contributed by atoms with van der Waals surface area (Å²) >= 11 is 3.39. The summed E-state index contributed by atoms with van der Waals surface area (Å²) in [6.07, 6.45) is 0.951. The first-order valence-corrected chi connectivity index (χ1v) is 7.04. The summed E-state index contributed by atoms with van der Waals surface area (Å²) < 4.78 is 0.842. The molecule has 0 aliphatic rings. The quantitative estimate of drug-likeness (QED) is 0.863. The van der Waals surface area contributed by atoms with Gasteiger partial charge in [-0.15, -0.1) is 0 Å². The van der Waals surface area contributed by atoms with E-state index in [4.69, 9.17) is 5.73 Å². The highest BCUT2D eigenvalue weighted by Gasteiger charge is 2.20. The maximum atomic E-state index is 12.6. The van der Waals surface area contributed by atoms with Crippen LogP contribution in [0, 0.1) is 6.92 Å². The van der Waals surface area contributed by atoms with Crippen LogP contribution in [-0.2, 0) is 0 Å². The highest BCUT2D eigenvalue weighted by atomic mass is 79.9.